The Morgan fingerprint density at radius 2 is 2.03 bits per heavy atom. The highest BCUT2D eigenvalue weighted by molar-refractivity contribution is 6.03. The molecule has 1 saturated heterocycles. The summed E-state index contributed by atoms with van der Waals surface area (Å²) in [6.45, 7) is 2.25. The summed E-state index contributed by atoms with van der Waals surface area (Å²) in [6.07, 6.45) is 3.57. The van der Waals surface area contributed by atoms with Crippen molar-refractivity contribution in [3.05, 3.63) is 59.4 Å². The molecule has 1 unspecified atom stereocenters. The number of aryl methyl sites for hydroxylation is 3. The Balaban J connectivity index is 1.29. The molecule has 0 spiro atoms. The van der Waals surface area contributed by atoms with E-state index in [0.717, 1.165) is 29.9 Å². The van der Waals surface area contributed by atoms with Crippen molar-refractivity contribution in [2.24, 2.45) is 5.92 Å². The highest BCUT2D eigenvalue weighted by Crippen LogP contribution is 2.31. The summed E-state index contributed by atoms with van der Waals surface area (Å²) in [4.78, 5) is 31.5. The van der Waals surface area contributed by atoms with Crippen LogP contribution in [0.2, 0.25) is 0 Å². The van der Waals surface area contributed by atoms with Gasteiger partial charge in [0, 0.05) is 29.9 Å². The normalized spacial score (nSPS) is 18.0. The Kier molecular flexibility index (Phi) is 4.58. The summed E-state index contributed by atoms with van der Waals surface area (Å²) in [7, 11) is 0. The molecule has 1 fully saturated rings. The number of hydrogen-bond acceptors (Lipinski definition) is 4. The summed E-state index contributed by atoms with van der Waals surface area (Å²) in [5, 5.41) is 9.93. The van der Waals surface area contributed by atoms with Crippen LogP contribution < -0.4 is 10.2 Å². The number of H-pyrrole nitrogens is 1. The van der Waals surface area contributed by atoms with Gasteiger partial charge in [-0.05, 0) is 61.6 Å². The highest BCUT2D eigenvalue weighted by Gasteiger charge is 2.35. The number of rotatable bonds is 4. The van der Waals surface area contributed by atoms with Gasteiger partial charge in [0.15, 0.2) is 5.82 Å². The van der Waals surface area contributed by atoms with Crippen LogP contribution in [0.3, 0.4) is 0 Å². The quantitative estimate of drug-likeness (QED) is 0.702. The third kappa shape index (κ3) is 3.47. The van der Waals surface area contributed by atoms with E-state index in [9.17, 15) is 9.59 Å². The van der Waals surface area contributed by atoms with E-state index < -0.39 is 0 Å². The van der Waals surface area contributed by atoms with Gasteiger partial charge in [0.25, 0.3) is 0 Å². The molecular formula is C23H23N5O2. The zero-order chi connectivity index (χ0) is 20.7. The molecular weight excluding hydrogens is 378 g/mol. The second-order valence-electron chi connectivity index (χ2n) is 8.03. The molecule has 1 aliphatic heterocycles. The summed E-state index contributed by atoms with van der Waals surface area (Å²) < 4.78 is 0. The SMILES string of the molecule is Cc1nc(-c2cccc(NC(=O)C3CC(=O)N(c4ccc5c(c4)CCC5)C3)c2)n[nH]1. The van der Waals surface area contributed by atoms with Crippen LogP contribution in [0.5, 0.6) is 0 Å². The van der Waals surface area contributed by atoms with Crippen molar-refractivity contribution in [2.75, 3.05) is 16.8 Å². The number of aromatic amines is 1. The first-order valence-corrected chi connectivity index (χ1v) is 10.3. The predicted octanol–water partition coefficient (Wildman–Crippen LogP) is 3.26. The standard InChI is InChI=1S/C23H23N5O2/c1-14-24-22(27-26-14)17-6-3-7-19(10-17)25-23(30)18-12-21(29)28(13-18)20-9-8-15-4-2-5-16(15)11-20/h3,6-11,18H,2,4-5,12-13H2,1H3,(H,25,30)(H,24,26,27). The van der Waals surface area contributed by atoms with Gasteiger partial charge in [-0.2, -0.15) is 5.10 Å². The fourth-order valence-corrected chi connectivity index (χ4v) is 4.31. The smallest absolute Gasteiger partial charge is 0.229 e. The van der Waals surface area contributed by atoms with E-state index >= 15 is 0 Å². The highest BCUT2D eigenvalue weighted by atomic mass is 16.2. The van der Waals surface area contributed by atoms with Gasteiger partial charge in [-0.3, -0.25) is 14.7 Å². The minimum Gasteiger partial charge on any atom is -0.326 e. The maximum Gasteiger partial charge on any atom is 0.229 e. The third-order valence-corrected chi connectivity index (χ3v) is 5.88. The van der Waals surface area contributed by atoms with Gasteiger partial charge in [0.05, 0.1) is 5.92 Å². The first-order valence-electron chi connectivity index (χ1n) is 10.3. The number of anilines is 2. The number of fused-ring (bicyclic) bond motifs is 1. The summed E-state index contributed by atoms with van der Waals surface area (Å²) >= 11 is 0. The fourth-order valence-electron chi connectivity index (χ4n) is 4.31. The first-order chi connectivity index (χ1) is 14.6. The van der Waals surface area contributed by atoms with Crippen molar-refractivity contribution in [3.63, 3.8) is 0 Å². The molecule has 7 nitrogen and oxygen atoms in total. The molecule has 1 aromatic heterocycles. The number of nitrogens with one attached hydrogen (secondary N) is 2. The Hall–Kier alpha value is -3.48. The lowest BCUT2D eigenvalue weighted by Gasteiger charge is -2.18. The second kappa shape index (κ2) is 7.40. The van der Waals surface area contributed by atoms with Gasteiger partial charge in [0.2, 0.25) is 11.8 Å². The molecule has 0 bridgehead atoms. The van der Waals surface area contributed by atoms with Crippen LogP contribution in [0.1, 0.15) is 29.8 Å². The number of nitrogens with zero attached hydrogens (tertiary/aromatic N) is 3. The predicted molar refractivity (Wildman–Crippen MR) is 114 cm³/mol. The van der Waals surface area contributed by atoms with E-state index in [0.29, 0.717) is 18.1 Å². The molecule has 30 heavy (non-hydrogen) atoms. The van der Waals surface area contributed by atoms with E-state index in [2.05, 4.69) is 32.6 Å². The molecule has 1 aliphatic carbocycles. The lowest BCUT2D eigenvalue weighted by Crippen LogP contribution is -2.28. The molecule has 0 saturated carbocycles. The molecule has 2 N–H and O–H groups in total. The Morgan fingerprint density at radius 1 is 1.17 bits per heavy atom. The number of carbonyl (C=O) groups is 2. The Bertz CT molecular complexity index is 1140. The van der Waals surface area contributed by atoms with E-state index in [1.165, 1.54) is 17.5 Å². The maximum absolute atomic E-state index is 12.8. The molecule has 2 heterocycles. The monoisotopic (exact) mass is 401 g/mol. The van der Waals surface area contributed by atoms with Crippen LogP contribution in [-0.4, -0.2) is 33.5 Å². The Labute approximate surface area is 174 Å². The molecule has 7 heteroatoms. The van der Waals surface area contributed by atoms with Crippen LogP contribution in [-0.2, 0) is 22.4 Å². The molecule has 3 aromatic rings. The number of carbonyl (C=O) groups excluding carboxylic acids is 2. The average molecular weight is 401 g/mol. The number of benzene rings is 2. The average Bonchev–Trinajstić information content (AvgIpc) is 3.47. The third-order valence-electron chi connectivity index (χ3n) is 5.88. The summed E-state index contributed by atoms with van der Waals surface area (Å²) in [5.74, 6) is 0.798. The molecule has 2 aromatic carbocycles. The van der Waals surface area contributed by atoms with Gasteiger partial charge < -0.3 is 10.2 Å². The summed E-state index contributed by atoms with van der Waals surface area (Å²) in [5.41, 5.74) is 5.09. The van der Waals surface area contributed by atoms with Crippen LogP contribution >= 0.6 is 0 Å². The number of hydrogen-bond donors (Lipinski definition) is 2. The largest absolute Gasteiger partial charge is 0.326 e. The van der Waals surface area contributed by atoms with Gasteiger partial charge in [-0.15, -0.1) is 0 Å². The maximum atomic E-state index is 12.8. The van der Waals surface area contributed by atoms with Crippen molar-refractivity contribution < 1.29 is 9.59 Å². The molecule has 5 rings (SSSR count). The van der Waals surface area contributed by atoms with Crippen molar-refractivity contribution in [2.45, 2.75) is 32.6 Å². The number of amides is 2. The van der Waals surface area contributed by atoms with Crippen LogP contribution in [0.4, 0.5) is 11.4 Å². The molecule has 2 amide bonds. The fraction of sp³-hybridized carbons (Fsp3) is 0.304. The van der Waals surface area contributed by atoms with Crippen LogP contribution in [0.25, 0.3) is 11.4 Å². The van der Waals surface area contributed by atoms with E-state index in [4.69, 9.17) is 0 Å². The second-order valence-corrected chi connectivity index (χ2v) is 8.03. The van der Waals surface area contributed by atoms with E-state index in [1.807, 2.05) is 37.3 Å². The van der Waals surface area contributed by atoms with Crippen LogP contribution in [0, 0.1) is 12.8 Å². The van der Waals surface area contributed by atoms with Gasteiger partial charge in [-0.1, -0.05) is 18.2 Å². The summed E-state index contributed by atoms with van der Waals surface area (Å²) in [6, 6.07) is 13.7. The van der Waals surface area contributed by atoms with E-state index in [-0.39, 0.29) is 24.2 Å². The van der Waals surface area contributed by atoms with Crippen molar-refractivity contribution in [1.29, 1.82) is 0 Å². The van der Waals surface area contributed by atoms with Crippen LogP contribution in [0.15, 0.2) is 42.5 Å². The van der Waals surface area contributed by atoms with Crippen molar-refractivity contribution in [3.8, 4) is 11.4 Å². The van der Waals surface area contributed by atoms with Gasteiger partial charge >= 0.3 is 0 Å². The van der Waals surface area contributed by atoms with Gasteiger partial charge in [-0.25, -0.2) is 4.98 Å². The van der Waals surface area contributed by atoms with Crippen molar-refractivity contribution in [1.82, 2.24) is 15.2 Å². The van der Waals surface area contributed by atoms with E-state index in [1.54, 1.807) is 4.90 Å². The first kappa shape index (κ1) is 18.5. The molecule has 1 atom stereocenters. The topological polar surface area (TPSA) is 91.0 Å². The lowest BCUT2D eigenvalue weighted by molar-refractivity contribution is -0.122. The molecule has 2 aliphatic rings. The minimum absolute atomic E-state index is 0.00181. The lowest BCUT2D eigenvalue weighted by atomic mass is 10.1. The minimum atomic E-state index is -0.375. The zero-order valence-electron chi connectivity index (χ0n) is 16.8. The molecule has 0 radical (unpaired) electrons. The Morgan fingerprint density at radius 3 is 2.87 bits per heavy atom. The zero-order valence-corrected chi connectivity index (χ0v) is 16.8. The molecule has 152 valence electrons. The number of aromatic nitrogens is 3. The van der Waals surface area contributed by atoms with Gasteiger partial charge in [0.1, 0.15) is 5.82 Å². The van der Waals surface area contributed by atoms with Crippen molar-refractivity contribution >= 4 is 23.2 Å².